The first-order valence-electron chi connectivity index (χ1n) is 15.8. The summed E-state index contributed by atoms with van der Waals surface area (Å²) >= 11 is 6.28. The quantitative estimate of drug-likeness (QED) is 0.138. The highest BCUT2D eigenvalue weighted by atomic mass is 35.5. The van der Waals surface area contributed by atoms with Crippen LogP contribution in [0.3, 0.4) is 0 Å². The average Bonchev–Trinajstić information content (AvgIpc) is 3.05. The molecule has 0 radical (unpaired) electrons. The van der Waals surface area contributed by atoms with Gasteiger partial charge in [-0.3, -0.25) is 14.9 Å². The van der Waals surface area contributed by atoms with E-state index in [4.69, 9.17) is 21.6 Å². The maximum atomic E-state index is 6.28. The van der Waals surface area contributed by atoms with Crippen molar-refractivity contribution in [1.82, 2.24) is 19.4 Å². The molecule has 228 valence electrons. The number of unbranched alkanes of at least 4 members (excludes halogenated alkanes) is 1. The Morgan fingerprint density at radius 1 is 0.886 bits per heavy atom. The molecule has 8 heteroatoms. The van der Waals surface area contributed by atoms with Gasteiger partial charge in [0, 0.05) is 29.0 Å². The molecule has 0 saturated carbocycles. The number of piperidine rings is 2. The SMILES string of the molecule is Cl.Clc1ccc(-n2c3cc(=NCCCCC45CCCCN4CCCC5)c(Nc4cccnc4)cc-3nc3ccccc32)cc1. The predicted octanol–water partition coefficient (Wildman–Crippen LogP) is 8.82. The highest BCUT2D eigenvalue weighted by Gasteiger charge is 2.39. The number of nitrogens with zero attached hydrogens (tertiary/aromatic N) is 5. The van der Waals surface area contributed by atoms with Crippen LogP contribution in [0.5, 0.6) is 0 Å². The Hall–Kier alpha value is -3.45. The van der Waals surface area contributed by atoms with Crippen molar-refractivity contribution in [2.24, 2.45) is 4.99 Å². The molecule has 4 aliphatic rings. The molecule has 0 bridgehead atoms. The number of halogens is 2. The molecular formula is C36H40Cl2N6. The second-order valence-electron chi connectivity index (χ2n) is 12.1. The molecule has 0 amide bonds. The smallest absolute Gasteiger partial charge is 0.0900 e. The third kappa shape index (κ3) is 6.35. The Balaban J connectivity index is 0.00000343. The van der Waals surface area contributed by atoms with E-state index in [0.717, 1.165) is 62.8 Å². The monoisotopic (exact) mass is 626 g/mol. The van der Waals surface area contributed by atoms with Gasteiger partial charge in [0.15, 0.2) is 0 Å². The maximum absolute atomic E-state index is 6.28. The largest absolute Gasteiger partial charge is 0.352 e. The van der Waals surface area contributed by atoms with E-state index >= 15 is 0 Å². The van der Waals surface area contributed by atoms with Crippen LogP contribution in [0.2, 0.25) is 5.02 Å². The number of aromatic nitrogens is 3. The predicted molar refractivity (Wildman–Crippen MR) is 184 cm³/mol. The fourth-order valence-corrected chi connectivity index (χ4v) is 7.37. The van der Waals surface area contributed by atoms with Crippen LogP contribution in [0.25, 0.3) is 28.1 Å². The van der Waals surface area contributed by atoms with Crippen molar-refractivity contribution in [1.29, 1.82) is 0 Å². The highest BCUT2D eigenvalue weighted by Crippen LogP contribution is 2.40. The van der Waals surface area contributed by atoms with Crippen LogP contribution in [-0.4, -0.2) is 44.6 Å². The number of para-hydroxylation sites is 2. The zero-order chi connectivity index (χ0) is 29.1. The molecule has 6 nitrogen and oxygen atoms in total. The topological polar surface area (TPSA) is 58.3 Å². The molecular weight excluding hydrogens is 587 g/mol. The minimum Gasteiger partial charge on any atom is -0.352 e. The summed E-state index contributed by atoms with van der Waals surface area (Å²) in [7, 11) is 0. The third-order valence-electron chi connectivity index (χ3n) is 9.37. The Kier molecular flexibility index (Phi) is 9.50. The van der Waals surface area contributed by atoms with Crippen LogP contribution >= 0.6 is 24.0 Å². The molecule has 4 heterocycles. The molecule has 0 atom stereocenters. The lowest BCUT2D eigenvalue weighted by atomic mass is 9.76. The summed E-state index contributed by atoms with van der Waals surface area (Å²) in [5, 5.41) is 5.23. The fourth-order valence-electron chi connectivity index (χ4n) is 7.25. The van der Waals surface area contributed by atoms with Crippen molar-refractivity contribution < 1.29 is 0 Å². The number of fused-ring (bicyclic) bond motifs is 3. The Morgan fingerprint density at radius 3 is 2.45 bits per heavy atom. The molecule has 2 saturated heterocycles. The summed E-state index contributed by atoms with van der Waals surface area (Å²) in [5.41, 5.74) is 7.23. The van der Waals surface area contributed by atoms with Crippen molar-refractivity contribution in [3.05, 3.63) is 95.6 Å². The molecule has 2 aromatic carbocycles. The number of rotatable bonds is 8. The number of nitrogens with one attached hydrogen (secondary N) is 1. The summed E-state index contributed by atoms with van der Waals surface area (Å²) in [6.45, 7) is 3.38. The lowest BCUT2D eigenvalue weighted by Crippen LogP contribution is -2.54. The van der Waals surface area contributed by atoms with E-state index in [-0.39, 0.29) is 12.4 Å². The van der Waals surface area contributed by atoms with E-state index in [9.17, 15) is 0 Å². The molecule has 7 rings (SSSR count). The number of anilines is 2. The average molecular weight is 628 g/mol. The van der Waals surface area contributed by atoms with Crippen LogP contribution < -0.4 is 10.7 Å². The summed E-state index contributed by atoms with van der Waals surface area (Å²) in [4.78, 5) is 17.4. The normalized spacial score (nSPS) is 16.9. The van der Waals surface area contributed by atoms with Gasteiger partial charge in [-0.25, -0.2) is 4.98 Å². The van der Waals surface area contributed by atoms with Gasteiger partial charge in [0.1, 0.15) is 0 Å². The zero-order valence-electron chi connectivity index (χ0n) is 25.1. The molecule has 3 aromatic rings. The van der Waals surface area contributed by atoms with E-state index in [0.29, 0.717) is 5.54 Å². The molecule has 1 aliphatic carbocycles. The first kappa shape index (κ1) is 30.6. The molecule has 3 aliphatic heterocycles. The lowest BCUT2D eigenvalue weighted by Gasteiger charge is -2.51. The second-order valence-corrected chi connectivity index (χ2v) is 12.5. The first-order valence-corrected chi connectivity index (χ1v) is 16.2. The Bertz CT molecular complexity index is 1720. The van der Waals surface area contributed by atoms with Crippen molar-refractivity contribution >= 4 is 46.4 Å². The van der Waals surface area contributed by atoms with Crippen molar-refractivity contribution in [3.63, 3.8) is 0 Å². The van der Waals surface area contributed by atoms with Crippen LogP contribution in [-0.2, 0) is 0 Å². The van der Waals surface area contributed by atoms with Gasteiger partial charge in [0.25, 0.3) is 0 Å². The Morgan fingerprint density at radius 2 is 1.68 bits per heavy atom. The lowest BCUT2D eigenvalue weighted by molar-refractivity contribution is 0.00364. The third-order valence-corrected chi connectivity index (χ3v) is 9.62. The Labute approximate surface area is 271 Å². The van der Waals surface area contributed by atoms with Gasteiger partial charge in [-0.15, -0.1) is 12.4 Å². The van der Waals surface area contributed by atoms with Crippen molar-refractivity contribution in [2.45, 2.75) is 63.3 Å². The summed E-state index contributed by atoms with van der Waals surface area (Å²) in [5.74, 6) is 0. The van der Waals surface area contributed by atoms with Crippen molar-refractivity contribution in [2.75, 3.05) is 25.0 Å². The fraction of sp³-hybridized carbons (Fsp3) is 0.361. The van der Waals surface area contributed by atoms with Gasteiger partial charge in [-0.1, -0.05) is 36.6 Å². The van der Waals surface area contributed by atoms with Gasteiger partial charge in [-0.2, -0.15) is 0 Å². The van der Waals surface area contributed by atoms with Gasteiger partial charge in [0.05, 0.1) is 45.4 Å². The van der Waals surface area contributed by atoms with E-state index in [2.05, 4.69) is 62.2 Å². The summed E-state index contributed by atoms with van der Waals surface area (Å²) in [6, 6.07) is 24.6. The van der Waals surface area contributed by atoms with Gasteiger partial charge in [-0.05, 0) is 119 Å². The van der Waals surface area contributed by atoms with Gasteiger partial charge in [0.2, 0.25) is 0 Å². The highest BCUT2D eigenvalue weighted by molar-refractivity contribution is 6.30. The minimum atomic E-state index is 0. The van der Waals surface area contributed by atoms with Crippen LogP contribution in [0.15, 0.2) is 90.2 Å². The first-order chi connectivity index (χ1) is 21.2. The van der Waals surface area contributed by atoms with Crippen LogP contribution in [0.1, 0.15) is 57.8 Å². The van der Waals surface area contributed by atoms with Gasteiger partial charge < -0.3 is 9.88 Å². The molecule has 1 N–H and O–H groups in total. The van der Waals surface area contributed by atoms with E-state index < -0.39 is 0 Å². The maximum Gasteiger partial charge on any atom is 0.0900 e. The zero-order valence-corrected chi connectivity index (χ0v) is 26.7. The molecule has 2 fully saturated rings. The number of hydrogen-bond acceptors (Lipinski definition) is 5. The van der Waals surface area contributed by atoms with Crippen LogP contribution in [0, 0.1) is 0 Å². The molecule has 44 heavy (non-hydrogen) atoms. The van der Waals surface area contributed by atoms with E-state index in [1.54, 1.807) is 6.20 Å². The number of pyridine rings is 1. The van der Waals surface area contributed by atoms with Crippen LogP contribution in [0.4, 0.5) is 11.4 Å². The molecule has 0 spiro atoms. The van der Waals surface area contributed by atoms with E-state index in [1.807, 2.05) is 36.5 Å². The van der Waals surface area contributed by atoms with Crippen molar-refractivity contribution in [3.8, 4) is 17.1 Å². The standard InChI is InChI=1S/C36H39ClN6.ClH/c37-27-13-15-29(16-14-27)43-34-12-2-1-11-30(34)41-33-24-32(40-28-10-9-20-38-26-28)31(25-35(33)43)39-21-6-3-17-36-18-4-7-22-42(36)23-8-5-19-36;/h1-2,9-16,20,24-26,40H,3-8,17-19,21-23H2;1H. The minimum absolute atomic E-state index is 0. The van der Waals surface area contributed by atoms with Gasteiger partial charge >= 0.3 is 0 Å². The number of benzene rings is 3. The molecule has 1 aromatic heterocycles. The second kappa shape index (κ2) is 13.7. The molecule has 0 unspecified atom stereocenters. The summed E-state index contributed by atoms with van der Waals surface area (Å²) in [6.07, 6.45) is 15.5. The summed E-state index contributed by atoms with van der Waals surface area (Å²) < 4.78 is 2.26. The van der Waals surface area contributed by atoms with E-state index in [1.165, 1.54) is 64.5 Å². The number of hydrogen-bond donors (Lipinski definition) is 1.